The number of ether oxygens (including phenoxy) is 1. The summed E-state index contributed by atoms with van der Waals surface area (Å²) in [4.78, 5) is 0. The minimum Gasteiger partial charge on any atom is -0.381 e. The normalized spacial score (nSPS) is 34.7. The van der Waals surface area contributed by atoms with Crippen LogP contribution in [0.25, 0.3) is 0 Å². The first-order valence-corrected chi connectivity index (χ1v) is 6.09. The topological polar surface area (TPSA) is 21.3 Å². The Morgan fingerprint density at radius 1 is 1.36 bits per heavy atom. The molecule has 0 aromatic rings. The molecule has 2 unspecified atom stereocenters. The second-order valence-electron chi connectivity index (χ2n) is 4.91. The molecule has 14 heavy (non-hydrogen) atoms. The van der Waals surface area contributed by atoms with Crippen molar-refractivity contribution < 1.29 is 4.74 Å². The van der Waals surface area contributed by atoms with E-state index in [-0.39, 0.29) is 0 Å². The van der Waals surface area contributed by atoms with Crippen LogP contribution in [0.5, 0.6) is 0 Å². The zero-order chi connectivity index (χ0) is 10.0. The molecule has 1 spiro atoms. The first-order valence-electron chi connectivity index (χ1n) is 6.09. The lowest BCUT2D eigenvalue weighted by molar-refractivity contribution is -0.115. The molecule has 2 heteroatoms. The van der Waals surface area contributed by atoms with Gasteiger partial charge in [-0.05, 0) is 32.2 Å². The van der Waals surface area contributed by atoms with Gasteiger partial charge in [0.2, 0.25) is 0 Å². The van der Waals surface area contributed by atoms with Crippen molar-refractivity contribution in [3.63, 3.8) is 0 Å². The summed E-state index contributed by atoms with van der Waals surface area (Å²) in [5.41, 5.74) is 0.518. The van der Waals surface area contributed by atoms with Crippen LogP contribution >= 0.6 is 0 Å². The predicted molar refractivity (Wildman–Crippen MR) is 58.4 cm³/mol. The van der Waals surface area contributed by atoms with Crippen molar-refractivity contribution in [1.29, 1.82) is 0 Å². The summed E-state index contributed by atoms with van der Waals surface area (Å²) < 4.78 is 5.59. The summed E-state index contributed by atoms with van der Waals surface area (Å²) >= 11 is 0. The third kappa shape index (κ3) is 1.49. The molecule has 0 aromatic carbocycles. The molecule has 0 bridgehead atoms. The van der Waals surface area contributed by atoms with Crippen molar-refractivity contribution in [1.82, 2.24) is 5.32 Å². The highest BCUT2D eigenvalue weighted by molar-refractivity contribution is 5.09. The van der Waals surface area contributed by atoms with E-state index >= 15 is 0 Å². The molecule has 2 fully saturated rings. The van der Waals surface area contributed by atoms with Crippen molar-refractivity contribution in [2.45, 2.75) is 57.6 Å². The number of hydrogen-bond donors (Lipinski definition) is 1. The second kappa shape index (κ2) is 4.19. The van der Waals surface area contributed by atoms with Gasteiger partial charge in [-0.1, -0.05) is 19.8 Å². The Bertz CT molecular complexity index is 185. The fraction of sp³-hybridized carbons (Fsp3) is 1.00. The summed E-state index contributed by atoms with van der Waals surface area (Å²) in [5.74, 6) is 0. The first kappa shape index (κ1) is 10.4. The maximum atomic E-state index is 5.59. The molecule has 0 aliphatic heterocycles. The fourth-order valence-corrected chi connectivity index (χ4v) is 3.39. The van der Waals surface area contributed by atoms with Crippen LogP contribution in [0.1, 0.15) is 45.4 Å². The van der Waals surface area contributed by atoms with Crippen LogP contribution in [0, 0.1) is 5.41 Å². The van der Waals surface area contributed by atoms with E-state index in [1.807, 2.05) is 7.11 Å². The molecule has 0 saturated heterocycles. The average Bonchev–Trinajstić information content (AvgIpc) is 2.68. The Hall–Kier alpha value is -0.0800. The highest BCUT2D eigenvalue weighted by Crippen LogP contribution is 2.54. The number of hydrogen-bond acceptors (Lipinski definition) is 2. The van der Waals surface area contributed by atoms with Gasteiger partial charge in [-0.25, -0.2) is 0 Å². The molecule has 1 N–H and O–H groups in total. The molecule has 0 aromatic heterocycles. The van der Waals surface area contributed by atoms with Crippen molar-refractivity contribution in [2.75, 3.05) is 13.7 Å². The van der Waals surface area contributed by atoms with Crippen molar-refractivity contribution in [3.05, 3.63) is 0 Å². The molecule has 0 amide bonds. The van der Waals surface area contributed by atoms with Crippen LogP contribution < -0.4 is 5.32 Å². The molecule has 2 aliphatic carbocycles. The van der Waals surface area contributed by atoms with E-state index in [4.69, 9.17) is 4.74 Å². The Morgan fingerprint density at radius 2 is 2.07 bits per heavy atom. The number of rotatable bonds is 4. The van der Waals surface area contributed by atoms with Gasteiger partial charge < -0.3 is 10.1 Å². The van der Waals surface area contributed by atoms with Crippen LogP contribution in [-0.4, -0.2) is 25.8 Å². The van der Waals surface area contributed by atoms with Gasteiger partial charge in [-0.15, -0.1) is 0 Å². The predicted octanol–water partition coefficient (Wildman–Crippen LogP) is 2.33. The van der Waals surface area contributed by atoms with E-state index in [9.17, 15) is 0 Å². The fourth-order valence-electron chi connectivity index (χ4n) is 3.39. The highest BCUT2D eigenvalue weighted by Gasteiger charge is 2.55. The average molecular weight is 197 g/mol. The zero-order valence-electron chi connectivity index (χ0n) is 9.51. The van der Waals surface area contributed by atoms with Gasteiger partial charge in [-0.3, -0.25) is 0 Å². The Labute approximate surface area is 87.4 Å². The maximum absolute atomic E-state index is 5.59. The van der Waals surface area contributed by atoms with Gasteiger partial charge in [0, 0.05) is 18.6 Å². The standard InChI is InChI=1S/C12H23NO/c1-3-8-13-10-9-11(14-2)12(10)6-4-5-7-12/h10-11,13H,3-9H2,1-2H3. The van der Waals surface area contributed by atoms with Crippen LogP contribution in [0.2, 0.25) is 0 Å². The molecule has 2 saturated carbocycles. The van der Waals surface area contributed by atoms with E-state index in [0.29, 0.717) is 11.5 Å². The van der Waals surface area contributed by atoms with Gasteiger partial charge >= 0.3 is 0 Å². The Morgan fingerprint density at radius 3 is 2.64 bits per heavy atom. The third-order valence-corrected chi connectivity index (χ3v) is 4.24. The smallest absolute Gasteiger partial charge is 0.0657 e. The summed E-state index contributed by atoms with van der Waals surface area (Å²) in [6.07, 6.45) is 8.59. The Kier molecular flexibility index (Phi) is 3.13. The van der Waals surface area contributed by atoms with Crippen molar-refractivity contribution in [3.8, 4) is 0 Å². The van der Waals surface area contributed by atoms with E-state index < -0.39 is 0 Å². The zero-order valence-corrected chi connectivity index (χ0v) is 9.51. The van der Waals surface area contributed by atoms with E-state index in [1.54, 1.807) is 0 Å². The van der Waals surface area contributed by atoms with Gasteiger partial charge in [-0.2, -0.15) is 0 Å². The molecule has 2 atom stereocenters. The summed E-state index contributed by atoms with van der Waals surface area (Å²) in [7, 11) is 1.88. The van der Waals surface area contributed by atoms with Crippen LogP contribution in [0.15, 0.2) is 0 Å². The molecule has 82 valence electrons. The summed E-state index contributed by atoms with van der Waals surface area (Å²) in [6, 6.07) is 0.745. The summed E-state index contributed by atoms with van der Waals surface area (Å²) in [5, 5.41) is 3.69. The molecular weight excluding hydrogens is 174 g/mol. The molecular formula is C12H23NO. The van der Waals surface area contributed by atoms with Crippen molar-refractivity contribution in [2.24, 2.45) is 5.41 Å². The van der Waals surface area contributed by atoms with Crippen LogP contribution in [0.3, 0.4) is 0 Å². The van der Waals surface area contributed by atoms with E-state index in [2.05, 4.69) is 12.2 Å². The number of methoxy groups -OCH3 is 1. The minimum absolute atomic E-state index is 0.518. The van der Waals surface area contributed by atoms with Gasteiger partial charge in [0.05, 0.1) is 6.10 Å². The van der Waals surface area contributed by atoms with Crippen molar-refractivity contribution >= 4 is 0 Å². The lowest BCUT2D eigenvalue weighted by Gasteiger charge is -2.54. The van der Waals surface area contributed by atoms with E-state index in [0.717, 1.165) is 6.04 Å². The largest absolute Gasteiger partial charge is 0.381 e. The lowest BCUT2D eigenvalue weighted by Crippen LogP contribution is -2.62. The highest BCUT2D eigenvalue weighted by atomic mass is 16.5. The molecule has 2 nitrogen and oxygen atoms in total. The summed E-state index contributed by atoms with van der Waals surface area (Å²) in [6.45, 7) is 3.41. The molecule has 2 aliphatic rings. The Balaban J connectivity index is 1.93. The quantitative estimate of drug-likeness (QED) is 0.747. The van der Waals surface area contributed by atoms with Gasteiger partial charge in [0.1, 0.15) is 0 Å². The first-order chi connectivity index (χ1) is 6.83. The van der Waals surface area contributed by atoms with Gasteiger partial charge in [0.15, 0.2) is 0 Å². The maximum Gasteiger partial charge on any atom is 0.0657 e. The SMILES string of the molecule is CCCNC1CC(OC)C12CCCC2. The van der Waals surface area contributed by atoms with Gasteiger partial charge in [0.25, 0.3) is 0 Å². The molecule has 0 heterocycles. The van der Waals surface area contributed by atoms with Crippen LogP contribution in [0.4, 0.5) is 0 Å². The second-order valence-corrected chi connectivity index (χ2v) is 4.91. The lowest BCUT2D eigenvalue weighted by atomic mass is 9.60. The third-order valence-electron chi connectivity index (χ3n) is 4.24. The molecule has 0 radical (unpaired) electrons. The molecule has 2 rings (SSSR count). The number of nitrogens with one attached hydrogen (secondary N) is 1. The van der Waals surface area contributed by atoms with E-state index in [1.165, 1.54) is 45.1 Å². The van der Waals surface area contributed by atoms with Crippen LogP contribution in [-0.2, 0) is 4.74 Å². The minimum atomic E-state index is 0.518. The monoisotopic (exact) mass is 197 g/mol.